The summed E-state index contributed by atoms with van der Waals surface area (Å²) in [5, 5.41) is 0. The van der Waals surface area contributed by atoms with Crippen molar-refractivity contribution < 1.29 is 13.9 Å². The van der Waals surface area contributed by atoms with Crippen LogP contribution >= 0.6 is 0 Å². The molecule has 0 aliphatic heterocycles. The Morgan fingerprint density at radius 1 is 1.32 bits per heavy atom. The van der Waals surface area contributed by atoms with E-state index in [1.807, 2.05) is 0 Å². The largest absolute Gasteiger partial charge is 0.457 e. The van der Waals surface area contributed by atoms with Gasteiger partial charge in [-0.15, -0.1) is 0 Å². The van der Waals surface area contributed by atoms with Crippen LogP contribution in [0.3, 0.4) is 0 Å². The SMILES string of the molecule is NCc1cc(C(=O)OCc2ccccc2F)ccn1. The lowest BCUT2D eigenvalue weighted by Gasteiger charge is -2.06. The Kier molecular flexibility index (Phi) is 4.20. The highest BCUT2D eigenvalue weighted by atomic mass is 19.1. The summed E-state index contributed by atoms with van der Waals surface area (Å²) in [6.07, 6.45) is 1.49. The van der Waals surface area contributed by atoms with E-state index in [-0.39, 0.29) is 13.2 Å². The van der Waals surface area contributed by atoms with Gasteiger partial charge < -0.3 is 10.5 Å². The number of ether oxygens (including phenoxy) is 1. The summed E-state index contributed by atoms with van der Waals surface area (Å²) >= 11 is 0. The zero-order valence-corrected chi connectivity index (χ0v) is 10.2. The highest BCUT2D eigenvalue weighted by Gasteiger charge is 2.09. The van der Waals surface area contributed by atoms with Gasteiger partial charge in [-0.05, 0) is 18.2 Å². The number of carbonyl (C=O) groups is 1. The number of esters is 1. The Morgan fingerprint density at radius 3 is 2.84 bits per heavy atom. The highest BCUT2D eigenvalue weighted by molar-refractivity contribution is 5.89. The Hall–Kier alpha value is -2.27. The van der Waals surface area contributed by atoms with Gasteiger partial charge in [-0.3, -0.25) is 4.98 Å². The van der Waals surface area contributed by atoms with Gasteiger partial charge in [-0.25, -0.2) is 9.18 Å². The summed E-state index contributed by atoms with van der Waals surface area (Å²) in [6.45, 7) is 0.139. The van der Waals surface area contributed by atoms with Crippen molar-refractivity contribution in [2.24, 2.45) is 5.73 Å². The number of benzene rings is 1. The van der Waals surface area contributed by atoms with E-state index in [1.54, 1.807) is 24.3 Å². The quantitative estimate of drug-likeness (QED) is 0.854. The number of nitrogens with zero attached hydrogens (tertiary/aromatic N) is 1. The van der Waals surface area contributed by atoms with Crippen LogP contribution in [0.4, 0.5) is 4.39 Å². The van der Waals surface area contributed by atoms with Crippen LogP contribution in [0, 0.1) is 5.82 Å². The van der Waals surface area contributed by atoms with Crippen LogP contribution in [0.1, 0.15) is 21.6 Å². The minimum atomic E-state index is -0.527. The Balaban J connectivity index is 2.03. The number of aromatic nitrogens is 1. The molecule has 0 amide bonds. The van der Waals surface area contributed by atoms with Crippen molar-refractivity contribution in [2.45, 2.75) is 13.2 Å². The molecule has 1 aromatic carbocycles. The van der Waals surface area contributed by atoms with Crippen molar-refractivity contribution in [1.82, 2.24) is 4.98 Å². The third-order valence-electron chi connectivity index (χ3n) is 2.58. The number of nitrogens with two attached hydrogens (primary N) is 1. The first-order valence-electron chi connectivity index (χ1n) is 5.76. The molecule has 98 valence electrons. The molecule has 0 unspecified atom stereocenters. The van der Waals surface area contributed by atoms with Crippen molar-refractivity contribution in [1.29, 1.82) is 0 Å². The molecule has 0 atom stereocenters. The summed E-state index contributed by atoms with van der Waals surface area (Å²) in [5.41, 5.74) is 6.73. The lowest BCUT2D eigenvalue weighted by Crippen LogP contribution is -2.08. The first-order valence-corrected chi connectivity index (χ1v) is 5.76. The first kappa shape index (κ1) is 13.2. The summed E-state index contributed by atoms with van der Waals surface area (Å²) < 4.78 is 18.4. The molecule has 1 heterocycles. The molecule has 19 heavy (non-hydrogen) atoms. The van der Waals surface area contributed by atoms with Crippen molar-refractivity contribution >= 4 is 5.97 Å². The van der Waals surface area contributed by atoms with E-state index in [2.05, 4.69) is 4.98 Å². The van der Waals surface area contributed by atoms with Crippen LogP contribution < -0.4 is 5.73 Å². The normalized spacial score (nSPS) is 10.2. The molecule has 1 aromatic heterocycles. The molecule has 0 saturated heterocycles. The lowest BCUT2D eigenvalue weighted by atomic mass is 10.2. The smallest absolute Gasteiger partial charge is 0.338 e. The number of hydrogen-bond acceptors (Lipinski definition) is 4. The fraction of sp³-hybridized carbons (Fsp3) is 0.143. The van der Waals surface area contributed by atoms with E-state index >= 15 is 0 Å². The van der Waals surface area contributed by atoms with Gasteiger partial charge in [-0.1, -0.05) is 18.2 Å². The minimum Gasteiger partial charge on any atom is -0.457 e. The van der Waals surface area contributed by atoms with Gasteiger partial charge in [0.05, 0.1) is 11.3 Å². The molecule has 2 rings (SSSR count). The molecule has 0 fully saturated rings. The van der Waals surface area contributed by atoms with Gasteiger partial charge in [0.1, 0.15) is 12.4 Å². The van der Waals surface area contributed by atoms with Gasteiger partial charge in [0.15, 0.2) is 0 Å². The summed E-state index contributed by atoms with van der Waals surface area (Å²) in [4.78, 5) is 15.8. The van der Waals surface area contributed by atoms with E-state index < -0.39 is 11.8 Å². The average Bonchev–Trinajstić information content (AvgIpc) is 2.46. The van der Waals surface area contributed by atoms with E-state index in [9.17, 15) is 9.18 Å². The van der Waals surface area contributed by atoms with Crippen molar-refractivity contribution in [2.75, 3.05) is 0 Å². The van der Waals surface area contributed by atoms with E-state index in [0.29, 0.717) is 16.8 Å². The number of pyridine rings is 1. The average molecular weight is 260 g/mol. The topological polar surface area (TPSA) is 65.2 Å². The number of carbonyl (C=O) groups excluding carboxylic acids is 1. The van der Waals surface area contributed by atoms with Gasteiger partial charge >= 0.3 is 5.97 Å². The Labute approximate surface area is 110 Å². The molecule has 4 nitrogen and oxygen atoms in total. The fourth-order valence-corrected chi connectivity index (χ4v) is 1.56. The molecule has 5 heteroatoms. The van der Waals surface area contributed by atoms with Crippen LogP contribution in [0.5, 0.6) is 0 Å². The molecule has 2 N–H and O–H groups in total. The molecular weight excluding hydrogens is 247 g/mol. The molecular formula is C14H13FN2O2. The van der Waals surface area contributed by atoms with Crippen LogP contribution in [0.25, 0.3) is 0 Å². The summed E-state index contributed by atoms with van der Waals surface area (Å²) in [7, 11) is 0. The Morgan fingerprint density at radius 2 is 2.11 bits per heavy atom. The maximum absolute atomic E-state index is 13.3. The third-order valence-corrected chi connectivity index (χ3v) is 2.58. The fourth-order valence-electron chi connectivity index (χ4n) is 1.56. The van der Waals surface area contributed by atoms with Crippen molar-refractivity contribution in [3.63, 3.8) is 0 Å². The Bertz CT molecular complexity index is 587. The maximum atomic E-state index is 13.3. The number of rotatable bonds is 4. The first-order chi connectivity index (χ1) is 9.20. The van der Waals surface area contributed by atoms with Crippen LogP contribution in [0.15, 0.2) is 42.6 Å². The van der Waals surface area contributed by atoms with E-state index in [0.717, 1.165) is 0 Å². The van der Waals surface area contributed by atoms with Gasteiger partial charge in [0.2, 0.25) is 0 Å². The molecule has 2 aromatic rings. The van der Waals surface area contributed by atoms with Crippen LogP contribution in [-0.4, -0.2) is 11.0 Å². The molecule has 0 aliphatic rings. The maximum Gasteiger partial charge on any atom is 0.338 e. The van der Waals surface area contributed by atoms with E-state index in [4.69, 9.17) is 10.5 Å². The molecule has 0 radical (unpaired) electrons. The molecule has 0 aliphatic carbocycles. The second-order valence-electron chi connectivity index (χ2n) is 3.91. The summed E-state index contributed by atoms with van der Waals surface area (Å²) in [6, 6.07) is 9.25. The molecule has 0 spiro atoms. The number of halogens is 1. The predicted octanol–water partition coefficient (Wildman–Crippen LogP) is 2.04. The van der Waals surface area contributed by atoms with Crippen molar-refractivity contribution in [3.8, 4) is 0 Å². The monoisotopic (exact) mass is 260 g/mol. The van der Waals surface area contributed by atoms with Crippen LogP contribution in [0.2, 0.25) is 0 Å². The van der Waals surface area contributed by atoms with Gasteiger partial charge in [0.25, 0.3) is 0 Å². The third kappa shape index (κ3) is 3.35. The van der Waals surface area contributed by atoms with Crippen LogP contribution in [-0.2, 0) is 17.9 Å². The zero-order valence-electron chi connectivity index (χ0n) is 10.2. The lowest BCUT2D eigenvalue weighted by molar-refractivity contribution is 0.0468. The predicted molar refractivity (Wildman–Crippen MR) is 67.6 cm³/mol. The second kappa shape index (κ2) is 6.06. The minimum absolute atomic E-state index is 0.105. The zero-order chi connectivity index (χ0) is 13.7. The molecule has 0 saturated carbocycles. The second-order valence-corrected chi connectivity index (χ2v) is 3.91. The standard InChI is InChI=1S/C14H13FN2O2/c15-13-4-2-1-3-11(13)9-19-14(18)10-5-6-17-12(7-10)8-16/h1-7H,8-9,16H2. The van der Waals surface area contributed by atoms with Crippen molar-refractivity contribution in [3.05, 3.63) is 65.2 Å². The number of hydrogen-bond donors (Lipinski definition) is 1. The van der Waals surface area contributed by atoms with Gasteiger partial charge in [-0.2, -0.15) is 0 Å². The van der Waals surface area contributed by atoms with E-state index in [1.165, 1.54) is 18.3 Å². The van der Waals surface area contributed by atoms with Gasteiger partial charge in [0, 0.05) is 18.3 Å². The summed E-state index contributed by atoms with van der Waals surface area (Å²) in [5.74, 6) is -0.923. The highest BCUT2D eigenvalue weighted by Crippen LogP contribution is 2.10. The molecule has 0 bridgehead atoms.